The minimum atomic E-state index is -0.604. The van der Waals surface area contributed by atoms with Gasteiger partial charge in [0.1, 0.15) is 16.6 Å². The SMILES string of the molecule is CNc1ccc(C#CC=Cc2nc3ccc(O)cc3s2)c(F)n1. The van der Waals surface area contributed by atoms with Crippen LogP contribution in [-0.4, -0.2) is 22.1 Å². The second kappa shape index (κ2) is 6.46. The van der Waals surface area contributed by atoms with Crippen LogP contribution in [0.4, 0.5) is 10.2 Å². The molecule has 0 unspecified atom stereocenters. The van der Waals surface area contributed by atoms with Crippen LogP contribution in [0, 0.1) is 17.8 Å². The molecule has 0 bridgehead atoms. The van der Waals surface area contributed by atoms with Crippen LogP contribution in [0.1, 0.15) is 10.6 Å². The molecule has 0 saturated heterocycles. The van der Waals surface area contributed by atoms with Gasteiger partial charge in [-0.15, -0.1) is 11.3 Å². The summed E-state index contributed by atoms with van der Waals surface area (Å²) in [6.07, 6.45) is 3.37. The van der Waals surface area contributed by atoms with E-state index in [1.807, 2.05) is 0 Å². The molecular weight excluding hydrogens is 313 g/mol. The van der Waals surface area contributed by atoms with E-state index in [2.05, 4.69) is 27.1 Å². The summed E-state index contributed by atoms with van der Waals surface area (Å²) < 4.78 is 14.6. The Morgan fingerprint density at radius 2 is 2.13 bits per heavy atom. The molecule has 4 nitrogen and oxygen atoms in total. The number of nitrogens with one attached hydrogen (secondary N) is 1. The number of halogens is 1. The van der Waals surface area contributed by atoms with E-state index in [0.29, 0.717) is 5.82 Å². The lowest BCUT2D eigenvalue weighted by molar-refractivity contribution is 0.476. The molecule has 0 saturated carbocycles. The summed E-state index contributed by atoms with van der Waals surface area (Å²) in [5.74, 6) is 5.55. The number of thiazole rings is 1. The number of allylic oxidation sites excluding steroid dienone is 1. The van der Waals surface area contributed by atoms with Crippen molar-refractivity contribution in [3.8, 4) is 17.6 Å². The van der Waals surface area contributed by atoms with E-state index in [9.17, 15) is 9.50 Å². The fourth-order valence-corrected chi connectivity index (χ4v) is 2.80. The van der Waals surface area contributed by atoms with Crippen LogP contribution in [-0.2, 0) is 0 Å². The van der Waals surface area contributed by atoms with Crippen molar-refractivity contribution in [2.75, 3.05) is 12.4 Å². The average molecular weight is 325 g/mol. The largest absolute Gasteiger partial charge is 0.508 e. The number of benzene rings is 1. The zero-order valence-corrected chi connectivity index (χ0v) is 13.0. The van der Waals surface area contributed by atoms with Crippen molar-refractivity contribution in [1.82, 2.24) is 9.97 Å². The molecule has 0 amide bonds. The van der Waals surface area contributed by atoms with E-state index in [4.69, 9.17) is 0 Å². The maximum atomic E-state index is 13.7. The Labute approximate surface area is 136 Å². The number of anilines is 1. The number of phenols is 1. The second-order valence-corrected chi connectivity index (χ2v) is 5.65. The summed E-state index contributed by atoms with van der Waals surface area (Å²) in [5, 5.41) is 13.0. The van der Waals surface area contributed by atoms with Crippen LogP contribution in [0.2, 0.25) is 0 Å². The first kappa shape index (κ1) is 15.0. The third-order valence-electron chi connectivity index (χ3n) is 3.01. The van der Waals surface area contributed by atoms with Crippen LogP contribution in [0.5, 0.6) is 5.75 Å². The maximum Gasteiger partial charge on any atom is 0.230 e. The van der Waals surface area contributed by atoms with Crippen molar-refractivity contribution in [2.45, 2.75) is 0 Å². The van der Waals surface area contributed by atoms with Gasteiger partial charge in [-0.25, -0.2) is 9.97 Å². The molecule has 2 N–H and O–H groups in total. The molecule has 3 aromatic rings. The molecule has 0 aliphatic carbocycles. The summed E-state index contributed by atoms with van der Waals surface area (Å²) in [6.45, 7) is 0. The van der Waals surface area contributed by atoms with Crippen LogP contribution >= 0.6 is 11.3 Å². The highest BCUT2D eigenvalue weighted by Crippen LogP contribution is 2.26. The minimum absolute atomic E-state index is 0.212. The summed E-state index contributed by atoms with van der Waals surface area (Å²) in [4.78, 5) is 8.12. The Balaban J connectivity index is 1.78. The monoisotopic (exact) mass is 325 g/mol. The Hall–Kier alpha value is -2.91. The average Bonchev–Trinajstić information content (AvgIpc) is 2.94. The van der Waals surface area contributed by atoms with E-state index in [-0.39, 0.29) is 11.3 Å². The van der Waals surface area contributed by atoms with Gasteiger partial charge in [-0.3, -0.25) is 0 Å². The van der Waals surface area contributed by atoms with Crippen LogP contribution in [0.25, 0.3) is 16.3 Å². The molecular formula is C17H12FN3OS. The fraction of sp³-hybridized carbons (Fsp3) is 0.0588. The van der Waals surface area contributed by atoms with Gasteiger partial charge in [0.05, 0.1) is 15.8 Å². The van der Waals surface area contributed by atoms with Gasteiger partial charge in [-0.1, -0.05) is 11.8 Å². The number of nitrogens with zero attached hydrogens (tertiary/aromatic N) is 2. The molecule has 3 rings (SSSR count). The van der Waals surface area contributed by atoms with Gasteiger partial charge in [-0.2, -0.15) is 4.39 Å². The first-order chi connectivity index (χ1) is 11.2. The highest BCUT2D eigenvalue weighted by atomic mass is 32.1. The molecule has 0 fully saturated rings. The number of aromatic hydroxyl groups is 1. The Bertz CT molecular complexity index is 953. The molecule has 6 heteroatoms. The Kier molecular flexibility index (Phi) is 4.22. The molecule has 0 radical (unpaired) electrons. The molecule has 2 aromatic heterocycles. The van der Waals surface area contributed by atoms with E-state index < -0.39 is 5.95 Å². The van der Waals surface area contributed by atoms with Crippen molar-refractivity contribution in [3.05, 3.63) is 52.9 Å². The summed E-state index contributed by atoms with van der Waals surface area (Å²) in [5.41, 5.74) is 1.06. The lowest BCUT2D eigenvalue weighted by Gasteiger charge is -1.98. The Morgan fingerprint density at radius 1 is 1.26 bits per heavy atom. The number of hydrogen-bond acceptors (Lipinski definition) is 5. The van der Waals surface area contributed by atoms with Crippen molar-refractivity contribution >= 4 is 33.4 Å². The molecule has 23 heavy (non-hydrogen) atoms. The number of phenolic OH excluding ortho intramolecular Hbond substituents is 1. The van der Waals surface area contributed by atoms with Crippen molar-refractivity contribution in [2.24, 2.45) is 0 Å². The fourth-order valence-electron chi connectivity index (χ4n) is 1.90. The van der Waals surface area contributed by atoms with E-state index in [1.54, 1.807) is 49.5 Å². The standard InChI is InChI=1S/C17H12FN3OS/c1-19-15-9-6-11(17(18)21-15)4-2-3-5-16-20-13-8-7-12(22)10-14(13)23-16/h3,5-10,22H,1H3,(H,19,21). The molecule has 2 heterocycles. The molecule has 1 aromatic carbocycles. The highest BCUT2D eigenvalue weighted by molar-refractivity contribution is 7.19. The predicted octanol–water partition coefficient (Wildman–Crippen LogP) is 3.64. The third kappa shape index (κ3) is 3.47. The van der Waals surface area contributed by atoms with E-state index >= 15 is 0 Å². The summed E-state index contributed by atoms with van der Waals surface area (Å²) in [7, 11) is 1.67. The van der Waals surface area contributed by atoms with Crippen LogP contribution in [0.15, 0.2) is 36.4 Å². The lowest BCUT2D eigenvalue weighted by atomic mass is 10.2. The zero-order chi connectivity index (χ0) is 16.2. The third-order valence-corrected chi connectivity index (χ3v) is 3.99. The predicted molar refractivity (Wildman–Crippen MR) is 90.9 cm³/mol. The van der Waals surface area contributed by atoms with Gasteiger partial charge < -0.3 is 10.4 Å². The summed E-state index contributed by atoms with van der Waals surface area (Å²) in [6, 6.07) is 8.27. The first-order valence-corrected chi connectivity index (χ1v) is 7.59. The first-order valence-electron chi connectivity index (χ1n) is 6.77. The molecule has 0 aliphatic rings. The van der Waals surface area contributed by atoms with Crippen molar-refractivity contribution in [1.29, 1.82) is 0 Å². The minimum Gasteiger partial charge on any atom is -0.508 e. The second-order valence-electron chi connectivity index (χ2n) is 4.59. The number of pyridine rings is 1. The maximum absolute atomic E-state index is 13.7. The zero-order valence-electron chi connectivity index (χ0n) is 12.2. The lowest BCUT2D eigenvalue weighted by Crippen LogP contribution is -1.96. The molecule has 0 spiro atoms. The highest BCUT2D eigenvalue weighted by Gasteiger charge is 2.02. The number of fused-ring (bicyclic) bond motifs is 1. The van der Waals surface area contributed by atoms with E-state index in [1.165, 1.54) is 11.3 Å². The smallest absolute Gasteiger partial charge is 0.230 e. The van der Waals surface area contributed by atoms with Gasteiger partial charge in [0.2, 0.25) is 5.95 Å². The van der Waals surface area contributed by atoms with Crippen LogP contribution in [0.3, 0.4) is 0 Å². The number of hydrogen-bond donors (Lipinski definition) is 2. The topological polar surface area (TPSA) is 58.0 Å². The van der Waals surface area contributed by atoms with Gasteiger partial charge in [-0.05, 0) is 42.5 Å². The van der Waals surface area contributed by atoms with Crippen LogP contribution < -0.4 is 5.32 Å². The van der Waals surface area contributed by atoms with Gasteiger partial charge in [0, 0.05) is 7.05 Å². The van der Waals surface area contributed by atoms with Gasteiger partial charge in [0.15, 0.2) is 0 Å². The number of rotatable bonds is 2. The molecule has 114 valence electrons. The molecule has 0 aliphatic heterocycles. The van der Waals surface area contributed by atoms with Gasteiger partial charge in [0.25, 0.3) is 0 Å². The molecule has 0 atom stereocenters. The summed E-state index contributed by atoms with van der Waals surface area (Å²) >= 11 is 1.45. The quantitative estimate of drug-likeness (QED) is 0.558. The van der Waals surface area contributed by atoms with E-state index in [0.717, 1.165) is 15.2 Å². The van der Waals surface area contributed by atoms with Crippen molar-refractivity contribution in [3.63, 3.8) is 0 Å². The Morgan fingerprint density at radius 3 is 2.91 bits per heavy atom. The number of aromatic nitrogens is 2. The van der Waals surface area contributed by atoms with Gasteiger partial charge >= 0.3 is 0 Å². The normalized spacial score (nSPS) is 10.7. The van der Waals surface area contributed by atoms with Crippen molar-refractivity contribution < 1.29 is 9.50 Å².